The topological polar surface area (TPSA) is 141 Å². The summed E-state index contributed by atoms with van der Waals surface area (Å²) in [6.45, 7) is 2.16. The molecule has 0 aromatic carbocycles. The first kappa shape index (κ1) is 16.7. The SMILES string of the molecule is O=C1N2C[C@@H](CC[C@H]2c2nnc(C[C@H]3CCNC3)o2)N1OS(=O)(=O)[O-].[H+]. The van der Waals surface area contributed by atoms with Crippen LogP contribution >= 0.6 is 0 Å². The zero-order valence-corrected chi connectivity index (χ0v) is 14.1. The third-order valence-corrected chi connectivity index (χ3v) is 5.23. The lowest BCUT2D eigenvalue weighted by molar-refractivity contribution is -0.0328. The predicted molar refractivity (Wildman–Crippen MR) is 80.6 cm³/mol. The number of hydroxylamine groups is 2. The highest BCUT2D eigenvalue weighted by atomic mass is 32.3. The summed E-state index contributed by atoms with van der Waals surface area (Å²) in [5.74, 6) is 1.33. The maximum atomic E-state index is 12.4. The Kier molecular flexibility index (Phi) is 4.14. The zero-order chi connectivity index (χ0) is 17.6. The molecule has 4 rings (SSSR count). The van der Waals surface area contributed by atoms with Crippen molar-refractivity contribution in [3.05, 3.63) is 11.8 Å². The molecule has 12 heteroatoms. The van der Waals surface area contributed by atoms with Gasteiger partial charge in [-0.15, -0.1) is 10.2 Å². The molecule has 1 aromatic heterocycles. The summed E-state index contributed by atoms with van der Waals surface area (Å²) in [6, 6.07) is -1.58. The van der Waals surface area contributed by atoms with Gasteiger partial charge in [-0.25, -0.2) is 13.2 Å². The van der Waals surface area contributed by atoms with Crippen molar-refractivity contribution in [3.8, 4) is 0 Å². The molecule has 0 spiro atoms. The summed E-state index contributed by atoms with van der Waals surface area (Å²) in [5.41, 5.74) is 0. The van der Waals surface area contributed by atoms with Crippen molar-refractivity contribution >= 4 is 16.4 Å². The van der Waals surface area contributed by atoms with Gasteiger partial charge in [0.05, 0.1) is 6.04 Å². The number of carbonyl (C=O) groups is 1. The van der Waals surface area contributed by atoms with Gasteiger partial charge in [0.25, 0.3) is 0 Å². The van der Waals surface area contributed by atoms with E-state index in [1.807, 2.05) is 0 Å². The maximum absolute atomic E-state index is 12.4. The molecule has 1 aromatic rings. The van der Waals surface area contributed by atoms with Crippen molar-refractivity contribution in [2.75, 3.05) is 19.6 Å². The molecule has 3 fully saturated rings. The number of aromatic nitrogens is 2. The second-order valence-corrected chi connectivity index (χ2v) is 7.55. The molecule has 2 amide bonds. The van der Waals surface area contributed by atoms with Crippen LogP contribution in [0.2, 0.25) is 0 Å². The Morgan fingerprint density at radius 3 is 2.92 bits per heavy atom. The van der Waals surface area contributed by atoms with E-state index in [2.05, 4.69) is 19.8 Å². The first-order valence-corrected chi connectivity index (χ1v) is 9.52. The fraction of sp³-hybridized carbons (Fsp3) is 0.769. The van der Waals surface area contributed by atoms with Crippen LogP contribution in [0.15, 0.2) is 4.42 Å². The van der Waals surface area contributed by atoms with Crippen LogP contribution in [0.4, 0.5) is 4.79 Å². The Morgan fingerprint density at radius 1 is 1.36 bits per heavy atom. The minimum atomic E-state index is -5.00. The molecule has 1 N–H and O–H groups in total. The second kappa shape index (κ2) is 6.20. The van der Waals surface area contributed by atoms with E-state index in [0.717, 1.165) is 19.5 Å². The van der Waals surface area contributed by atoms with E-state index in [1.54, 1.807) is 0 Å². The summed E-state index contributed by atoms with van der Waals surface area (Å²) in [7, 11) is -5.00. The Hall–Kier alpha value is -1.76. The van der Waals surface area contributed by atoms with Gasteiger partial charge in [0.15, 0.2) is 0 Å². The van der Waals surface area contributed by atoms with E-state index in [1.165, 1.54) is 4.90 Å². The molecule has 11 nitrogen and oxygen atoms in total. The van der Waals surface area contributed by atoms with Crippen LogP contribution in [0.1, 0.15) is 38.5 Å². The highest BCUT2D eigenvalue weighted by molar-refractivity contribution is 7.80. The monoisotopic (exact) mass is 373 g/mol. The predicted octanol–water partition coefficient (Wildman–Crippen LogP) is -0.333. The number of rotatable bonds is 5. The standard InChI is InChI=1S/C13H19N5O6S/c19-13-17-7-9(18(13)24-25(20,21)22)1-2-10(17)12-16-15-11(23-12)5-8-3-4-14-6-8/h8-10,14H,1-7H2,(H,20,21,22)/t8-,9-,10+/m1/s1. The van der Waals surface area contributed by atoms with Crippen molar-refractivity contribution in [1.29, 1.82) is 0 Å². The zero-order valence-electron chi connectivity index (χ0n) is 14.3. The fourth-order valence-corrected chi connectivity index (χ4v) is 4.09. The van der Waals surface area contributed by atoms with Gasteiger partial charge in [0.2, 0.25) is 22.2 Å². The quantitative estimate of drug-likeness (QED) is 0.542. The second-order valence-electron chi connectivity index (χ2n) is 6.59. The van der Waals surface area contributed by atoms with Crippen LogP contribution < -0.4 is 5.32 Å². The minimum Gasteiger partial charge on any atom is -0.724 e. The van der Waals surface area contributed by atoms with Crippen LogP contribution in [0, 0.1) is 5.92 Å². The number of hydrogen-bond acceptors (Lipinski definition) is 9. The number of nitrogens with zero attached hydrogens (tertiary/aromatic N) is 4. The lowest BCUT2D eigenvalue weighted by Crippen LogP contribution is -2.35. The molecule has 3 aliphatic rings. The van der Waals surface area contributed by atoms with Crippen LogP contribution in [0.25, 0.3) is 0 Å². The van der Waals surface area contributed by atoms with Crippen molar-refractivity contribution in [1.82, 2.24) is 25.5 Å². The Labute approximate surface area is 145 Å². The van der Waals surface area contributed by atoms with Crippen molar-refractivity contribution in [2.45, 2.75) is 37.8 Å². The van der Waals surface area contributed by atoms with Gasteiger partial charge in [0, 0.05) is 13.0 Å². The molecule has 138 valence electrons. The first-order valence-electron chi connectivity index (χ1n) is 8.19. The molecule has 0 radical (unpaired) electrons. The van der Waals surface area contributed by atoms with Gasteiger partial charge in [-0.2, -0.15) is 9.35 Å². The Morgan fingerprint density at radius 2 is 2.20 bits per heavy atom. The van der Waals surface area contributed by atoms with Crippen LogP contribution in [-0.2, 0) is 21.1 Å². The van der Waals surface area contributed by atoms with E-state index < -0.39 is 28.5 Å². The Balaban J connectivity index is 0.00000196. The molecule has 3 saturated heterocycles. The van der Waals surface area contributed by atoms with E-state index in [-0.39, 0.29) is 7.97 Å². The van der Waals surface area contributed by atoms with E-state index in [0.29, 0.717) is 42.0 Å². The molecular weight excluding hydrogens is 354 g/mol. The minimum absolute atomic E-state index is 0. The maximum Gasteiger partial charge on any atom is 1.00 e. The number of amides is 2. The fourth-order valence-electron chi connectivity index (χ4n) is 3.70. The number of carbonyl (C=O) groups excluding carboxylic acids is 1. The van der Waals surface area contributed by atoms with E-state index in [4.69, 9.17) is 4.42 Å². The van der Waals surface area contributed by atoms with Gasteiger partial charge in [-0.1, -0.05) is 0 Å². The van der Waals surface area contributed by atoms with Crippen LogP contribution in [0.3, 0.4) is 0 Å². The van der Waals surface area contributed by atoms with Crippen molar-refractivity contribution in [2.24, 2.45) is 5.92 Å². The summed E-state index contributed by atoms with van der Waals surface area (Å²) in [4.78, 5) is 13.8. The number of nitrogens with one attached hydrogen (secondary N) is 1. The molecule has 4 heterocycles. The molecule has 2 bridgehead atoms. The highest BCUT2D eigenvalue weighted by Crippen LogP contribution is 2.38. The molecule has 3 aliphatic heterocycles. The summed E-state index contributed by atoms with van der Waals surface area (Å²) in [5, 5.41) is 12.0. The van der Waals surface area contributed by atoms with Crippen LogP contribution in [-0.4, -0.2) is 64.8 Å². The summed E-state index contributed by atoms with van der Waals surface area (Å²) in [6.07, 6.45) is 2.75. The molecule has 0 unspecified atom stereocenters. The molecule has 0 saturated carbocycles. The van der Waals surface area contributed by atoms with Crippen LogP contribution in [0.5, 0.6) is 0 Å². The van der Waals surface area contributed by atoms with Gasteiger partial charge >= 0.3 is 7.46 Å². The average Bonchev–Trinajstić information content (AvgIpc) is 3.26. The molecular formula is C13H19N5O6S. The Bertz CT molecular complexity index is 767. The third-order valence-electron chi connectivity index (χ3n) is 4.89. The smallest absolute Gasteiger partial charge is 0.724 e. The van der Waals surface area contributed by atoms with Gasteiger partial charge in [-0.3, -0.25) is 0 Å². The first-order chi connectivity index (χ1) is 11.9. The number of hydrogen-bond donors (Lipinski definition) is 1. The van der Waals surface area contributed by atoms with Crippen molar-refractivity contribution < 1.29 is 27.9 Å². The summed E-state index contributed by atoms with van der Waals surface area (Å²) >= 11 is 0. The van der Waals surface area contributed by atoms with Gasteiger partial charge in [-0.05, 0) is 38.3 Å². The van der Waals surface area contributed by atoms with E-state index in [9.17, 15) is 17.8 Å². The number of fused-ring (bicyclic) bond motifs is 2. The van der Waals surface area contributed by atoms with Gasteiger partial charge in [0.1, 0.15) is 6.04 Å². The summed E-state index contributed by atoms with van der Waals surface area (Å²) < 4.78 is 42.4. The van der Waals surface area contributed by atoms with Crippen molar-refractivity contribution in [3.63, 3.8) is 0 Å². The molecule has 3 atom stereocenters. The van der Waals surface area contributed by atoms with Gasteiger partial charge < -0.3 is 19.2 Å². The highest BCUT2D eigenvalue weighted by Gasteiger charge is 2.48. The average molecular weight is 373 g/mol. The largest absolute Gasteiger partial charge is 1.00 e. The molecule has 25 heavy (non-hydrogen) atoms. The number of piperidine rings is 1. The normalized spacial score (nSPS) is 29.6. The van der Waals surface area contributed by atoms with E-state index >= 15 is 0 Å². The molecule has 0 aliphatic carbocycles. The lowest BCUT2D eigenvalue weighted by atomic mass is 10.0. The lowest BCUT2D eigenvalue weighted by Gasteiger charge is -2.27. The third kappa shape index (κ3) is 3.34. The number of urea groups is 1.